The number of hydrogen-bond acceptors (Lipinski definition) is 9. The minimum atomic E-state index is -0.610. The zero-order valence-electron chi connectivity index (χ0n) is 19.8. The molecule has 2 unspecified atom stereocenters. The Morgan fingerprint density at radius 1 is 1.15 bits per heavy atom. The van der Waals surface area contributed by atoms with Crippen molar-refractivity contribution < 1.29 is 19.7 Å². The van der Waals surface area contributed by atoms with Crippen molar-refractivity contribution in [3.05, 3.63) is 30.3 Å². The molecule has 0 bridgehead atoms. The zero-order chi connectivity index (χ0) is 24.0. The largest absolute Gasteiger partial charge is 0.507 e. The summed E-state index contributed by atoms with van der Waals surface area (Å²) >= 11 is 0. The minimum absolute atomic E-state index is 0.122. The minimum Gasteiger partial charge on any atom is -0.507 e. The molecule has 182 valence electrons. The summed E-state index contributed by atoms with van der Waals surface area (Å²) in [5, 5.41) is 33.0. The van der Waals surface area contributed by atoms with Gasteiger partial charge in [-0.25, -0.2) is 4.79 Å². The molecule has 3 aliphatic rings. The lowest BCUT2D eigenvalue weighted by Gasteiger charge is -2.47. The van der Waals surface area contributed by atoms with E-state index in [1.54, 1.807) is 17.0 Å². The summed E-state index contributed by atoms with van der Waals surface area (Å²) in [4.78, 5) is 18.7. The number of aromatic hydroxyl groups is 1. The van der Waals surface area contributed by atoms with Crippen molar-refractivity contribution in [2.45, 2.75) is 44.6 Å². The molecule has 10 nitrogen and oxygen atoms in total. The number of carbonyl (C=O) groups excluding carboxylic acids is 1. The Balaban J connectivity index is 1.29. The molecule has 3 aliphatic heterocycles. The molecule has 2 aromatic rings. The Hall–Kier alpha value is -3.11. The summed E-state index contributed by atoms with van der Waals surface area (Å²) in [7, 11) is 0. The lowest BCUT2D eigenvalue weighted by Crippen LogP contribution is -2.61. The fourth-order valence-electron chi connectivity index (χ4n) is 5.04. The maximum absolute atomic E-state index is 12.5. The van der Waals surface area contributed by atoms with Crippen LogP contribution in [0.1, 0.15) is 20.8 Å². The highest BCUT2D eigenvalue weighted by molar-refractivity contribution is 5.76. The molecule has 1 amide bonds. The highest BCUT2D eigenvalue weighted by atomic mass is 16.6. The number of rotatable bonds is 2. The van der Waals surface area contributed by atoms with Gasteiger partial charge in [0.1, 0.15) is 11.4 Å². The molecule has 10 heteroatoms. The maximum Gasteiger partial charge on any atom is 0.410 e. The molecule has 0 spiro atoms. The van der Waals surface area contributed by atoms with E-state index in [0.29, 0.717) is 24.3 Å². The van der Waals surface area contributed by atoms with E-state index in [-0.39, 0.29) is 30.5 Å². The van der Waals surface area contributed by atoms with Gasteiger partial charge in [-0.15, -0.1) is 10.2 Å². The fourth-order valence-corrected chi connectivity index (χ4v) is 5.04. The normalized spacial score (nSPS) is 24.9. The molecule has 4 heterocycles. The highest BCUT2D eigenvalue weighted by Gasteiger charge is 2.42. The predicted molar refractivity (Wildman–Crippen MR) is 128 cm³/mol. The SMILES string of the molecule is CC(C)(C)OC(=O)N1CC(O)C(N2CCN3c4cc(-c5ccccc5O)nnc4NC[C@H]3C2)C1. The summed E-state index contributed by atoms with van der Waals surface area (Å²) in [6, 6.07) is 9.15. The lowest BCUT2D eigenvalue weighted by molar-refractivity contribution is 0.0269. The van der Waals surface area contributed by atoms with E-state index >= 15 is 0 Å². The summed E-state index contributed by atoms with van der Waals surface area (Å²) in [5.41, 5.74) is 1.67. The second kappa shape index (κ2) is 8.59. The number of nitrogens with zero attached hydrogens (tertiary/aromatic N) is 5. The zero-order valence-corrected chi connectivity index (χ0v) is 19.8. The second-order valence-electron chi connectivity index (χ2n) is 10.2. The number of carbonyl (C=O) groups is 1. The number of hydrogen-bond donors (Lipinski definition) is 3. The van der Waals surface area contributed by atoms with Crippen molar-refractivity contribution in [1.29, 1.82) is 0 Å². The van der Waals surface area contributed by atoms with E-state index < -0.39 is 11.7 Å². The average molecular weight is 469 g/mol. The predicted octanol–water partition coefficient (Wildman–Crippen LogP) is 1.75. The van der Waals surface area contributed by atoms with Crippen LogP contribution >= 0.6 is 0 Å². The Bertz CT molecular complexity index is 1070. The van der Waals surface area contributed by atoms with Gasteiger partial charge in [0.05, 0.1) is 36.1 Å². The Kier molecular flexibility index (Phi) is 5.73. The number of aliphatic hydroxyl groups is 1. The quantitative estimate of drug-likeness (QED) is 0.606. The first kappa shape index (κ1) is 22.7. The van der Waals surface area contributed by atoms with Crippen LogP contribution in [-0.4, -0.2) is 99.4 Å². The number of piperazine rings is 1. The first-order valence-corrected chi connectivity index (χ1v) is 11.8. The molecular formula is C24H32N6O4. The van der Waals surface area contributed by atoms with Crippen LogP contribution in [0.25, 0.3) is 11.3 Å². The number of aliphatic hydroxyl groups excluding tert-OH is 1. The molecule has 1 aromatic carbocycles. The van der Waals surface area contributed by atoms with Gasteiger partial charge in [0.2, 0.25) is 0 Å². The number of phenolic OH excluding ortho intramolecular Hbond substituents is 1. The van der Waals surface area contributed by atoms with E-state index in [1.165, 1.54) is 0 Å². The van der Waals surface area contributed by atoms with Crippen LogP contribution in [-0.2, 0) is 4.74 Å². The van der Waals surface area contributed by atoms with Gasteiger partial charge in [0, 0.05) is 38.3 Å². The molecule has 0 aliphatic carbocycles. The topological polar surface area (TPSA) is 114 Å². The standard InChI is InChI=1S/C24H32N6O4/c1-24(2,3)34-23(33)29-13-19(21(32)14-29)28-8-9-30-15(12-28)11-25-22-18(30)10-17(26-27-22)16-6-4-5-7-20(16)31/h4-7,10,15,19,21,31-32H,8-9,11-14H2,1-3H3,(H,25,27)/t15-,19?,21?/m0/s1. The van der Waals surface area contributed by atoms with Crippen molar-refractivity contribution in [1.82, 2.24) is 20.0 Å². The Morgan fingerprint density at radius 3 is 2.71 bits per heavy atom. The van der Waals surface area contributed by atoms with E-state index in [2.05, 4.69) is 25.3 Å². The van der Waals surface area contributed by atoms with Gasteiger partial charge in [0.25, 0.3) is 0 Å². The van der Waals surface area contributed by atoms with Crippen molar-refractivity contribution >= 4 is 17.6 Å². The Labute approximate surface area is 199 Å². The van der Waals surface area contributed by atoms with E-state index in [9.17, 15) is 15.0 Å². The third-order valence-corrected chi connectivity index (χ3v) is 6.66. The number of β-amino-alcohol motifs (C(OH)–C–C–N with tert-alkyl or cyclic N) is 1. The van der Waals surface area contributed by atoms with E-state index in [0.717, 1.165) is 31.1 Å². The number of phenols is 1. The maximum atomic E-state index is 12.5. The number of benzene rings is 1. The summed E-state index contributed by atoms with van der Waals surface area (Å²) in [6.45, 7) is 9.26. The molecule has 1 aromatic heterocycles. The van der Waals surface area contributed by atoms with E-state index in [1.807, 2.05) is 39.0 Å². The van der Waals surface area contributed by atoms with Crippen LogP contribution in [0.5, 0.6) is 5.75 Å². The number of ether oxygens (including phenoxy) is 1. The number of fused-ring (bicyclic) bond motifs is 3. The third-order valence-electron chi connectivity index (χ3n) is 6.66. The van der Waals surface area contributed by atoms with Crippen molar-refractivity contribution in [2.75, 3.05) is 49.5 Å². The summed E-state index contributed by atoms with van der Waals surface area (Å²) < 4.78 is 5.50. The van der Waals surface area contributed by atoms with Crippen molar-refractivity contribution in [2.24, 2.45) is 0 Å². The fraction of sp³-hybridized carbons (Fsp3) is 0.542. The molecular weight excluding hydrogens is 436 g/mol. The summed E-state index contributed by atoms with van der Waals surface area (Å²) in [5.74, 6) is 0.910. The molecule has 5 rings (SSSR count). The average Bonchev–Trinajstić information content (AvgIpc) is 3.19. The van der Waals surface area contributed by atoms with Crippen molar-refractivity contribution in [3.63, 3.8) is 0 Å². The number of para-hydroxylation sites is 1. The molecule has 34 heavy (non-hydrogen) atoms. The lowest BCUT2D eigenvalue weighted by atomic mass is 10.0. The molecule has 2 saturated heterocycles. The van der Waals surface area contributed by atoms with Crippen LogP contribution < -0.4 is 10.2 Å². The molecule has 3 atom stereocenters. The van der Waals surface area contributed by atoms with Gasteiger partial charge in [0.15, 0.2) is 5.82 Å². The van der Waals surface area contributed by atoms with Crippen LogP contribution in [0.4, 0.5) is 16.3 Å². The number of amides is 1. The van der Waals surface area contributed by atoms with Gasteiger partial charge < -0.3 is 30.1 Å². The van der Waals surface area contributed by atoms with Gasteiger partial charge in [-0.3, -0.25) is 4.90 Å². The highest BCUT2D eigenvalue weighted by Crippen LogP contribution is 2.36. The van der Waals surface area contributed by atoms with E-state index in [4.69, 9.17) is 4.74 Å². The monoisotopic (exact) mass is 468 g/mol. The summed E-state index contributed by atoms with van der Waals surface area (Å²) in [6.07, 6.45) is -0.988. The second-order valence-corrected chi connectivity index (χ2v) is 10.2. The number of anilines is 2. The van der Waals surface area contributed by atoms with Crippen LogP contribution in [0.3, 0.4) is 0 Å². The number of likely N-dealkylation sites (tertiary alicyclic amines) is 1. The van der Waals surface area contributed by atoms with Gasteiger partial charge >= 0.3 is 6.09 Å². The first-order valence-electron chi connectivity index (χ1n) is 11.8. The number of nitrogens with one attached hydrogen (secondary N) is 1. The number of aromatic nitrogens is 2. The van der Waals surface area contributed by atoms with Gasteiger partial charge in [-0.05, 0) is 39.0 Å². The smallest absolute Gasteiger partial charge is 0.410 e. The van der Waals surface area contributed by atoms with Crippen LogP contribution in [0.2, 0.25) is 0 Å². The van der Waals surface area contributed by atoms with Gasteiger partial charge in [-0.2, -0.15) is 0 Å². The van der Waals surface area contributed by atoms with Crippen LogP contribution in [0.15, 0.2) is 30.3 Å². The molecule has 0 radical (unpaired) electrons. The molecule has 0 saturated carbocycles. The third kappa shape index (κ3) is 4.35. The Morgan fingerprint density at radius 2 is 1.94 bits per heavy atom. The molecule has 3 N–H and O–H groups in total. The first-order chi connectivity index (χ1) is 16.2. The van der Waals surface area contributed by atoms with Crippen molar-refractivity contribution in [3.8, 4) is 17.0 Å². The van der Waals surface area contributed by atoms with Crippen LogP contribution in [0, 0.1) is 0 Å². The molecule has 2 fully saturated rings. The van der Waals surface area contributed by atoms with Gasteiger partial charge in [-0.1, -0.05) is 12.1 Å².